The van der Waals surface area contributed by atoms with Crippen molar-refractivity contribution in [2.24, 2.45) is 0 Å². The summed E-state index contributed by atoms with van der Waals surface area (Å²) in [4.78, 5) is 12.6. The third kappa shape index (κ3) is 5.18. The lowest BCUT2D eigenvalue weighted by atomic mass is 10.1. The number of rotatable bonds is 7. The molecule has 0 spiro atoms. The standard InChI is InChI=1S/C21H20F3N3O3/c1-14-3-8-17(18(13-14)30-12-11-29-2)25-20(28)15-4-6-16(7-5-15)27-10-9-19(26-27)21(22,23)24/h3-10,13H,11-12H2,1-2H3,(H,25,28). The van der Waals surface area contributed by atoms with Gasteiger partial charge in [-0.15, -0.1) is 0 Å². The second-order valence-electron chi connectivity index (χ2n) is 6.49. The smallest absolute Gasteiger partial charge is 0.435 e. The van der Waals surface area contributed by atoms with E-state index in [0.29, 0.717) is 35.9 Å². The van der Waals surface area contributed by atoms with Crippen LogP contribution >= 0.6 is 0 Å². The maximum atomic E-state index is 12.7. The van der Waals surface area contributed by atoms with Gasteiger partial charge in [-0.1, -0.05) is 6.07 Å². The fraction of sp³-hybridized carbons (Fsp3) is 0.238. The summed E-state index contributed by atoms with van der Waals surface area (Å²) >= 11 is 0. The first-order chi connectivity index (χ1) is 14.3. The predicted molar refractivity (Wildman–Crippen MR) is 105 cm³/mol. The van der Waals surface area contributed by atoms with Crippen molar-refractivity contribution in [2.75, 3.05) is 25.6 Å². The molecule has 0 atom stereocenters. The number of aryl methyl sites for hydroxylation is 1. The summed E-state index contributed by atoms with van der Waals surface area (Å²) in [5.74, 6) is 0.145. The highest BCUT2D eigenvalue weighted by atomic mass is 19.4. The van der Waals surface area contributed by atoms with Gasteiger partial charge in [0.25, 0.3) is 5.91 Å². The van der Waals surface area contributed by atoms with Crippen LogP contribution in [-0.4, -0.2) is 36.0 Å². The fourth-order valence-electron chi connectivity index (χ4n) is 2.67. The van der Waals surface area contributed by atoms with Gasteiger partial charge in [-0.25, -0.2) is 4.68 Å². The number of hydrogen-bond acceptors (Lipinski definition) is 4. The van der Waals surface area contributed by atoms with Crippen LogP contribution in [0.3, 0.4) is 0 Å². The van der Waals surface area contributed by atoms with Crippen LogP contribution in [0.25, 0.3) is 5.69 Å². The second-order valence-corrected chi connectivity index (χ2v) is 6.49. The molecule has 1 aromatic heterocycles. The Kier molecular flexibility index (Phi) is 6.41. The summed E-state index contributed by atoms with van der Waals surface area (Å²) in [6.07, 6.45) is -3.30. The first-order valence-electron chi connectivity index (χ1n) is 9.05. The molecule has 2 aromatic carbocycles. The Hall–Kier alpha value is -3.33. The minimum atomic E-state index is -4.51. The zero-order chi connectivity index (χ0) is 21.7. The summed E-state index contributed by atoms with van der Waals surface area (Å²) in [5.41, 5.74) is 1.24. The lowest BCUT2D eigenvalue weighted by Crippen LogP contribution is -2.14. The molecule has 6 nitrogen and oxygen atoms in total. The van der Waals surface area contributed by atoms with Crippen LogP contribution in [0.2, 0.25) is 0 Å². The van der Waals surface area contributed by atoms with Crippen molar-refractivity contribution in [1.29, 1.82) is 0 Å². The maximum Gasteiger partial charge on any atom is 0.435 e. The number of anilines is 1. The van der Waals surface area contributed by atoms with E-state index in [1.54, 1.807) is 13.2 Å². The number of carbonyl (C=O) groups is 1. The Balaban J connectivity index is 1.73. The molecule has 1 heterocycles. The summed E-state index contributed by atoms with van der Waals surface area (Å²) in [6, 6.07) is 12.4. The van der Waals surface area contributed by atoms with Gasteiger partial charge >= 0.3 is 6.18 Å². The summed E-state index contributed by atoms with van der Waals surface area (Å²) < 4.78 is 49.8. The molecule has 0 radical (unpaired) electrons. The Morgan fingerprint density at radius 2 is 1.83 bits per heavy atom. The minimum absolute atomic E-state index is 0.335. The Morgan fingerprint density at radius 1 is 1.10 bits per heavy atom. The topological polar surface area (TPSA) is 65.4 Å². The molecule has 0 saturated heterocycles. The Labute approximate surface area is 171 Å². The van der Waals surface area contributed by atoms with Gasteiger partial charge in [-0.05, 0) is 55.0 Å². The van der Waals surface area contributed by atoms with Gasteiger partial charge in [-0.2, -0.15) is 18.3 Å². The first kappa shape index (κ1) is 21.4. The van der Waals surface area contributed by atoms with Crippen molar-refractivity contribution in [3.63, 3.8) is 0 Å². The van der Waals surface area contributed by atoms with Crippen molar-refractivity contribution in [1.82, 2.24) is 9.78 Å². The SMILES string of the molecule is COCCOc1cc(C)ccc1NC(=O)c1ccc(-n2ccc(C(F)(F)F)n2)cc1. The lowest BCUT2D eigenvalue weighted by Gasteiger charge is -2.13. The number of ether oxygens (including phenoxy) is 2. The van der Waals surface area contributed by atoms with Gasteiger partial charge in [0.05, 0.1) is 18.0 Å². The molecule has 1 N–H and O–H groups in total. The monoisotopic (exact) mass is 419 g/mol. The third-order valence-corrected chi connectivity index (χ3v) is 4.20. The van der Waals surface area contributed by atoms with E-state index < -0.39 is 11.9 Å². The predicted octanol–water partition coefficient (Wildman–Crippen LogP) is 4.48. The highest BCUT2D eigenvalue weighted by Gasteiger charge is 2.33. The highest BCUT2D eigenvalue weighted by molar-refractivity contribution is 6.05. The molecule has 0 aliphatic carbocycles. The van der Waals surface area contributed by atoms with Gasteiger partial charge in [-0.3, -0.25) is 4.79 Å². The molecule has 3 rings (SSSR count). The number of nitrogens with one attached hydrogen (secondary N) is 1. The molecule has 3 aromatic rings. The van der Waals surface area contributed by atoms with Crippen LogP contribution in [0.5, 0.6) is 5.75 Å². The minimum Gasteiger partial charge on any atom is -0.489 e. The van der Waals surface area contributed by atoms with Gasteiger partial charge < -0.3 is 14.8 Å². The van der Waals surface area contributed by atoms with Crippen LogP contribution in [0.4, 0.5) is 18.9 Å². The quantitative estimate of drug-likeness (QED) is 0.574. The molecule has 30 heavy (non-hydrogen) atoms. The molecule has 0 aliphatic heterocycles. The number of carbonyl (C=O) groups excluding carboxylic acids is 1. The van der Waals surface area contributed by atoms with Crippen LogP contribution in [0, 0.1) is 6.92 Å². The number of nitrogens with zero attached hydrogens (tertiary/aromatic N) is 2. The fourth-order valence-corrected chi connectivity index (χ4v) is 2.67. The third-order valence-electron chi connectivity index (χ3n) is 4.20. The van der Waals surface area contributed by atoms with Crippen molar-refractivity contribution < 1.29 is 27.4 Å². The number of halogens is 3. The van der Waals surface area contributed by atoms with Crippen LogP contribution in [0.15, 0.2) is 54.7 Å². The Bertz CT molecular complexity index is 1010. The number of aromatic nitrogens is 2. The van der Waals surface area contributed by atoms with E-state index in [4.69, 9.17) is 9.47 Å². The van der Waals surface area contributed by atoms with E-state index in [0.717, 1.165) is 16.3 Å². The molecule has 0 saturated carbocycles. The Morgan fingerprint density at radius 3 is 2.47 bits per heavy atom. The maximum absolute atomic E-state index is 12.7. The lowest BCUT2D eigenvalue weighted by molar-refractivity contribution is -0.141. The van der Waals surface area contributed by atoms with E-state index in [9.17, 15) is 18.0 Å². The molecule has 1 amide bonds. The zero-order valence-electron chi connectivity index (χ0n) is 16.4. The molecule has 9 heteroatoms. The van der Waals surface area contributed by atoms with Crippen molar-refractivity contribution >= 4 is 11.6 Å². The van der Waals surface area contributed by atoms with Crippen LogP contribution in [-0.2, 0) is 10.9 Å². The van der Waals surface area contributed by atoms with E-state index in [1.807, 2.05) is 19.1 Å². The van der Waals surface area contributed by atoms with Crippen molar-refractivity contribution in [3.05, 3.63) is 71.5 Å². The molecule has 0 bridgehead atoms. The number of methoxy groups -OCH3 is 1. The summed E-state index contributed by atoms with van der Waals surface area (Å²) in [5, 5.41) is 6.30. The van der Waals surface area contributed by atoms with Crippen LogP contribution in [0.1, 0.15) is 21.6 Å². The highest BCUT2D eigenvalue weighted by Crippen LogP contribution is 2.28. The van der Waals surface area contributed by atoms with Crippen LogP contribution < -0.4 is 10.1 Å². The average Bonchev–Trinajstić information content (AvgIpc) is 3.21. The second kappa shape index (κ2) is 9.00. The average molecular weight is 419 g/mol. The van der Waals surface area contributed by atoms with Gasteiger partial charge in [0, 0.05) is 18.9 Å². The molecular weight excluding hydrogens is 399 g/mol. The van der Waals surface area contributed by atoms with Gasteiger partial charge in [0.15, 0.2) is 5.69 Å². The van der Waals surface area contributed by atoms with Gasteiger partial charge in [0.1, 0.15) is 12.4 Å². The summed E-state index contributed by atoms with van der Waals surface area (Å²) in [6.45, 7) is 2.65. The van der Waals surface area contributed by atoms with E-state index >= 15 is 0 Å². The number of amides is 1. The van der Waals surface area contributed by atoms with E-state index in [-0.39, 0.29) is 5.91 Å². The molecule has 158 valence electrons. The summed E-state index contributed by atoms with van der Waals surface area (Å²) in [7, 11) is 1.57. The number of benzene rings is 2. The molecule has 0 aliphatic rings. The first-order valence-corrected chi connectivity index (χ1v) is 9.05. The van der Waals surface area contributed by atoms with E-state index in [1.165, 1.54) is 30.5 Å². The van der Waals surface area contributed by atoms with Crippen molar-refractivity contribution in [2.45, 2.75) is 13.1 Å². The zero-order valence-corrected chi connectivity index (χ0v) is 16.4. The van der Waals surface area contributed by atoms with E-state index in [2.05, 4.69) is 10.4 Å². The number of alkyl halides is 3. The molecule has 0 fully saturated rings. The van der Waals surface area contributed by atoms with Gasteiger partial charge in [0.2, 0.25) is 0 Å². The molecule has 0 unspecified atom stereocenters. The normalized spacial score (nSPS) is 11.4. The van der Waals surface area contributed by atoms with Crippen molar-refractivity contribution in [3.8, 4) is 11.4 Å². The molecular formula is C21H20F3N3O3. The largest absolute Gasteiger partial charge is 0.489 e. The number of hydrogen-bond donors (Lipinski definition) is 1.